The van der Waals surface area contributed by atoms with E-state index in [1.807, 2.05) is 0 Å². The molecule has 0 bridgehead atoms. The molecule has 2 aromatic rings. The Kier molecular flexibility index (Phi) is 2.62. The number of aromatic nitrogens is 2. The molecule has 1 unspecified atom stereocenters. The molecule has 100 valence electrons. The SMILES string of the molecule is Cn1c(C2CC2)nc2ccc(CC3CCCN3)cc21. The smallest absolute Gasteiger partial charge is 0.112 e. The molecule has 1 aromatic carbocycles. The van der Waals surface area contributed by atoms with Gasteiger partial charge in [-0.25, -0.2) is 4.98 Å². The Labute approximate surface area is 114 Å². The second-order valence-corrected chi connectivity index (χ2v) is 6.12. The molecule has 0 amide bonds. The van der Waals surface area contributed by atoms with E-state index in [9.17, 15) is 0 Å². The van der Waals surface area contributed by atoms with Gasteiger partial charge in [-0.1, -0.05) is 6.07 Å². The number of aryl methyl sites for hydroxylation is 1. The largest absolute Gasteiger partial charge is 0.331 e. The highest BCUT2D eigenvalue weighted by Crippen LogP contribution is 2.40. The van der Waals surface area contributed by atoms with E-state index in [2.05, 4.69) is 35.1 Å². The maximum atomic E-state index is 4.79. The predicted octanol–water partition coefficient (Wildman–Crippen LogP) is 2.75. The van der Waals surface area contributed by atoms with Crippen LogP contribution in [0.2, 0.25) is 0 Å². The zero-order valence-corrected chi connectivity index (χ0v) is 11.5. The van der Waals surface area contributed by atoms with Crippen molar-refractivity contribution in [2.45, 2.75) is 44.1 Å². The fraction of sp³-hybridized carbons (Fsp3) is 0.562. The van der Waals surface area contributed by atoms with Gasteiger partial charge < -0.3 is 9.88 Å². The maximum absolute atomic E-state index is 4.79. The minimum absolute atomic E-state index is 0.675. The standard InChI is InChI=1S/C16H21N3/c1-19-15-10-11(9-13-3-2-8-17-13)4-7-14(15)18-16(19)12-5-6-12/h4,7,10,12-13,17H,2-3,5-6,8-9H2,1H3. The van der Waals surface area contributed by atoms with Crippen LogP contribution in [0, 0.1) is 0 Å². The highest BCUT2D eigenvalue weighted by atomic mass is 15.1. The van der Waals surface area contributed by atoms with E-state index in [0.29, 0.717) is 6.04 Å². The van der Waals surface area contributed by atoms with Crippen molar-refractivity contribution < 1.29 is 0 Å². The van der Waals surface area contributed by atoms with Crippen LogP contribution in [0.4, 0.5) is 0 Å². The van der Waals surface area contributed by atoms with Gasteiger partial charge in [-0.3, -0.25) is 0 Å². The molecular formula is C16H21N3. The summed E-state index contributed by atoms with van der Waals surface area (Å²) in [6.45, 7) is 1.18. The molecule has 1 aliphatic carbocycles. The minimum atomic E-state index is 0.675. The van der Waals surface area contributed by atoms with Crippen LogP contribution < -0.4 is 5.32 Å². The molecule has 1 saturated carbocycles. The van der Waals surface area contributed by atoms with Crippen molar-refractivity contribution in [1.29, 1.82) is 0 Å². The number of hydrogen-bond donors (Lipinski definition) is 1. The average molecular weight is 255 g/mol. The second kappa shape index (κ2) is 4.34. The third kappa shape index (κ3) is 2.06. The predicted molar refractivity (Wildman–Crippen MR) is 77.4 cm³/mol. The van der Waals surface area contributed by atoms with Gasteiger partial charge in [-0.05, 0) is 56.3 Å². The molecule has 1 N–H and O–H groups in total. The summed E-state index contributed by atoms with van der Waals surface area (Å²) in [4.78, 5) is 4.79. The van der Waals surface area contributed by atoms with Gasteiger partial charge in [0.1, 0.15) is 5.82 Å². The molecule has 0 spiro atoms. The van der Waals surface area contributed by atoms with Crippen LogP contribution in [0.15, 0.2) is 18.2 Å². The summed E-state index contributed by atoms with van der Waals surface area (Å²) in [6, 6.07) is 7.47. The Morgan fingerprint density at radius 3 is 2.95 bits per heavy atom. The monoisotopic (exact) mass is 255 g/mol. The van der Waals surface area contributed by atoms with Gasteiger partial charge in [0.25, 0.3) is 0 Å². The lowest BCUT2D eigenvalue weighted by Crippen LogP contribution is -2.23. The van der Waals surface area contributed by atoms with Gasteiger partial charge in [-0.15, -0.1) is 0 Å². The molecule has 3 nitrogen and oxygen atoms in total. The lowest BCUT2D eigenvalue weighted by atomic mass is 10.0. The van der Waals surface area contributed by atoms with Crippen LogP contribution in [0.5, 0.6) is 0 Å². The van der Waals surface area contributed by atoms with E-state index in [-0.39, 0.29) is 0 Å². The van der Waals surface area contributed by atoms with Crippen LogP contribution in [-0.4, -0.2) is 22.1 Å². The highest BCUT2D eigenvalue weighted by Gasteiger charge is 2.28. The van der Waals surface area contributed by atoms with E-state index in [1.54, 1.807) is 0 Å². The van der Waals surface area contributed by atoms with E-state index in [0.717, 1.165) is 17.9 Å². The molecular weight excluding hydrogens is 234 g/mol. The summed E-state index contributed by atoms with van der Waals surface area (Å²) in [5, 5.41) is 3.58. The van der Waals surface area contributed by atoms with Crippen LogP contribution in [0.1, 0.15) is 43.0 Å². The number of benzene rings is 1. The Morgan fingerprint density at radius 2 is 2.21 bits per heavy atom. The van der Waals surface area contributed by atoms with Crippen molar-refractivity contribution in [3.8, 4) is 0 Å². The fourth-order valence-corrected chi connectivity index (χ4v) is 3.30. The molecule has 19 heavy (non-hydrogen) atoms. The first-order chi connectivity index (χ1) is 9.31. The quantitative estimate of drug-likeness (QED) is 0.914. The molecule has 2 fully saturated rings. The second-order valence-electron chi connectivity index (χ2n) is 6.12. The summed E-state index contributed by atoms with van der Waals surface area (Å²) >= 11 is 0. The van der Waals surface area contributed by atoms with Gasteiger partial charge in [0, 0.05) is 19.0 Å². The number of fused-ring (bicyclic) bond motifs is 1. The van der Waals surface area contributed by atoms with Gasteiger partial charge in [0.05, 0.1) is 11.0 Å². The van der Waals surface area contributed by atoms with E-state index < -0.39 is 0 Å². The van der Waals surface area contributed by atoms with Crippen molar-refractivity contribution in [3.05, 3.63) is 29.6 Å². The lowest BCUT2D eigenvalue weighted by molar-refractivity contribution is 0.603. The average Bonchev–Trinajstić information content (AvgIpc) is 3.04. The molecule has 2 heterocycles. The third-order valence-corrected chi connectivity index (χ3v) is 4.57. The zero-order chi connectivity index (χ0) is 12.8. The topological polar surface area (TPSA) is 29.9 Å². The molecule has 4 rings (SSSR count). The molecule has 1 aromatic heterocycles. The van der Waals surface area contributed by atoms with Crippen molar-refractivity contribution in [2.75, 3.05) is 6.54 Å². The third-order valence-electron chi connectivity index (χ3n) is 4.57. The Morgan fingerprint density at radius 1 is 1.32 bits per heavy atom. The molecule has 2 aliphatic rings. The molecule has 0 radical (unpaired) electrons. The van der Waals surface area contributed by atoms with E-state index >= 15 is 0 Å². The molecule has 1 aliphatic heterocycles. The van der Waals surface area contributed by atoms with E-state index in [1.165, 1.54) is 49.1 Å². The first-order valence-corrected chi connectivity index (χ1v) is 7.50. The number of nitrogens with zero attached hydrogens (tertiary/aromatic N) is 2. The van der Waals surface area contributed by atoms with Crippen LogP contribution in [0.3, 0.4) is 0 Å². The summed E-state index contributed by atoms with van der Waals surface area (Å²) in [7, 11) is 2.17. The first-order valence-electron chi connectivity index (χ1n) is 7.50. The van der Waals surface area contributed by atoms with Gasteiger partial charge in [0.2, 0.25) is 0 Å². The van der Waals surface area contributed by atoms with E-state index in [4.69, 9.17) is 4.98 Å². The maximum Gasteiger partial charge on any atom is 0.112 e. The Hall–Kier alpha value is -1.35. The molecule has 1 atom stereocenters. The Balaban J connectivity index is 1.67. The number of nitrogens with one attached hydrogen (secondary N) is 1. The molecule has 1 saturated heterocycles. The lowest BCUT2D eigenvalue weighted by Gasteiger charge is -2.10. The van der Waals surface area contributed by atoms with Crippen molar-refractivity contribution >= 4 is 11.0 Å². The van der Waals surface area contributed by atoms with Crippen molar-refractivity contribution in [1.82, 2.24) is 14.9 Å². The summed E-state index contributed by atoms with van der Waals surface area (Å²) < 4.78 is 2.30. The summed E-state index contributed by atoms with van der Waals surface area (Å²) in [5.41, 5.74) is 3.90. The zero-order valence-electron chi connectivity index (χ0n) is 11.5. The number of imidazole rings is 1. The Bertz CT molecular complexity index is 604. The minimum Gasteiger partial charge on any atom is -0.331 e. The van der Waals surface area contributed by atoms with Gasteiger partial charge in [0.15, 0.2) is 0 Å². The van der Waals surface area contributed by atoms with Gasteiger partial charge >= 0.3 is 0 Å². The van der Waals surface area contributed by atoms with Crippen molar-refractivity contribution in [2.24, 2.45) is 7.05 Å². The van der Waals surface area contributed by atoms with Crippen molar-refractivity contribution in [3.63, 3.8) is 0 Å². The summed E-state index contributed by atoms with van der Waals surface area (Å²) in [5.74, 6) is 2.00. The summed E-state index contributed by atoms with van der Waals surface area (Å²) in [6.07, 6.45) is 6.42. The van der Waals surface area contributed by atoms with Crippen LogP contribution >= 0.6 is 0 Å². The highest BCUT2D eigenvalue weighted by molar-refractivity contribution is 5.77. The number of hydrogen-bond acceptors (Lipinski definition) is 2. The normalized spacial score (nSPS) is 23.3. The van der Waals surface area contributed by atoms with Crippen LogP contribution in [0.25, 0.3) is 11.0 Å². The van der Waals surface area contributed by atoms with Crippen LogP contribution in [-0.2, 0) is 13.5 Å². The van der Waals surface area contributed by atoms with Gasteiger partial charge in [-0.2, -0.15) is 0 Å². The number of rotatable bonds is 3. The fourth-order valence-electron chi connectivity index (χ4n) is 3.30. The molecule has 3 heteroatoms. The first kappa shape index (κ1) is 11.5.